The molecule has 0 aromatic carbocycles. The molecule has 0 bridgehead atoms. The van der Waals surface area contributed by atoms with E-state index < -0.39 is 67.3 Å². The van der Waals surface area contributed by atoms with Crippen LogP contribution in [-0.2, 0) is 42.9 Å². The van der Waals surface area contributed by atoms with Crippen LogP contribution in [-0.4, -0.2) is 89.2 Å². The van der Waals surface area contributed by atoms with E-state index in [2.05, 4.69) is 93.7 Å². The number of aliphatic carboxylic acids is 1. The molecule has 1 heterocycles. The molecule has 1 aliphatic rings. The summed E-state index contributed by atoms with van der Waals surface area (Å²) in [5, 5.41) is 31.4. The molecule has 6 atom stereocenters. The van der Waals surface area contributed by atoms with Crippen molar-refractivity contribution in [1.29, 1.82) is 0 Å². The van der Waals surface area contributed by atoms with E-state index in [0.717, 1.165) is 109 Å². The number of ether oxygens (including phenoxy) is 5. The van der Waals surface area contributed by atoms with Gasteiger partial charge in [0.15, 0.2) is 24.6 Å². The summed E-state index contributed by atoms with van der Waals surface area (Å²) in [5.41, 5.74) is 0. The standard InChI is InChI=1S/C63H102O12/c1-4-7-10-13-16-19-22-25-27-28-30-32-34-37-40-43-46-49-55(64)71-52-54(73-56(65)50-47-44-41-38-36-33-29-26-23-20-17-14-11-8-5-2)53-72-63-61(59(68)58(67)60(75-63)62(69)70)74-57(66)51-48-45-42-39-35-31-24-21-18-15-12-9-6-3/h7-8,10-11,16-17,19-20,25-27,29,36,38,44,47,54,58-61,63,67-68H,4-6,9,12-15,18,21-24,28,30-35,37,39-43,45-46,48-53H2,1-3H3,(H,69,70)/b10-7-,11-8-,19-16-,20-17-,27-25-,29-26-,38-36-,47-44-. The quantitative estimate of drug-likeness (QED) is 0.0228. The van der Waals surface area contributed by atoms with Gasteiger partial charge in [0.2, 0.25) is 0 Å². The van der Waals surface area contributed by atoms with Gasteiger partial charge in [0.05, 0.1) is 13.0 Å². The van der Waals surface area contributed by atoms with E-state index in [4.69, 9.17) is 23.7 Å². The molecule has 12 nitrogen and oxygen atoms in total. The molecule has 75 heavy (non-hydrogen) atoms. The third-order valence-corrected chi connectivity index (χ3v) is 12.7. The van der Waals surface area contributed by atoms with Crippen LogP contribution < -0.4 is 0 Å². The van der Waals surface area contributed by atoms with E-state index in [9.17, 15) is 34.5 Å². The molecular weight excluding hydrogens is 949 g/mol. The number of allylic oxidation sites excluding steroid dienone is 15. The van der Waals surface area contributed by atoms with Crippen molar-refractivity contribution in [3.05, 3.63) is 97.2 Å². The molecule has 1 fully saturated rings. The van der Waals surface area contributed by atoms with Crippen LogP contribution >= 0.6 is 0 Å². The number of aliphatic hydroxyl groups is 2. The molecule has 0 spiro atoms. The molecule has 1 saturated heterocycles. The van der Waals surface area contributed by atoms with Crippen LogP contribution in [0.25, 0.3) is 0 Å². The Morgan fingerprint density at radius 1 is 0.467 bits per heavy atom. The molecule has 0 aromatic heterocycles. The van der Waals surface area contributed by atoms with E-state index in [1.54, 1.807) is 6.08 Å². The van der Waals surface area contributed by atoms with Gasteiger partial charge < -0.3 is 39.0 Å². The predicted molar refractivity (Wildman–Crippen MR) is 303 cm³/mol. The Morgan fingerprint density at radius 3 is 1.35 bits per heavy atom. The van der Waals surface area contributed by atoms with Gasteiger partial charge in [0, 0.05) is 12.8 Å². The number of hydrogen-bond acceptors (Lipinski definition) is 11. The van der Waals surface area contributed by atoms with Gasteiger partial charge in [-0.2, -0.15) is 0 Å². The van der Waals surface area contributed by atoms with Crippen LogP contribution in [0.15, 0.2) is 97.2 Å². The van der Waals surface area contributed by atoms with E-state index >= 15 is 0 Å². The molecular formula is C63H102O12. The monoisotopic (exact) mass is 1050 g/mol. The predicted octanol–water partition coefficient (Wildman–Crippen LogP) is 14.9. The van der Waals surface area contributed by atoms with Gasteiger partial charge in [-0.25, -0.2) is 4.79 Å². The molecule has 0 aliphatic carbocycles. The van der Waals surface area contributed by atoms with Crippen LogP contribution in [0.1, 0.15) is 226 Å². The maximum absolute atomic E-state index is 13.1. The largest absolute Gasteiger partial charge is 0.479 e. The van der Waals surface area contributed by atoms with Crippen molar-refractivity contribution < 1.29 is 58.2 Å². The summed E-state index contributed by atoms with van der Waals surface area (Å²) >= 11 is 0. The second-order valence-electron chi connectivity index (χ2n) is 19.5. The fourth-order valence-electron chi connectivity index (χ4n) is 8.28. The van der Waals surface area contributed by atoms with Crippen LogP contribution in [0.3, 0.4) is 0 Å². The highest BCUT2D eigenvalue weighted by Gasteiger charge is 2.50. The second-order valence-corrected chi connectivity index (χ2v) is 19.5. The van der Waals surface area contributed by atoms with Gasteiger partial charge in [0.25, 0.3) is 0 Å². The minimum Gasteiger partial charge on any atom is -0.479 e. The lowest BCUT2D eigenvalue weighted by molar-refractivity contribution is -0.301. The summed E-state index contributed by atoms with van der Waals surface area (Å²) in [6.45, 7) is 5.67. The first kappa shape index (κ1) is 68.7. The van der Waals surface area contributed by atoms with Crippen molar-refractivity contribution in [2.45, 2.75) is 263 Å². The average molecular weight is 1050 g/mol. The zero-order valence-electron chi connectivity index (χ0n) is 46.8. The molecule has 0 radical (unpaired) electrons. The number of carboxylic acid groups (broad SMARTS) is 1. The highest BCUT2D eigenvalue weighted by molar-refractivity contribution is 5.74. The highest BCUT2D eigenvalue weighted by Crippen LogP contribution is 2.26. The molecule has 0 aromatic rings. The first-order valence-electron chi connectivity index (χ1n) is 29.2. The van der Waals surface area contributed by atoms with Crippen molar-refractivity contribution in [3.63, 3.8) is 0 Å². The number of rotatable bonds is 48. The topological polar surface area (TPSA) is 175 Å². The zero-order valence-corrected chi connectivity index (χ0v) is 46.8. The Morgan fingerprint density at radius 2 is 0.880 bits per heavy atom. The van der Waals surface area contributed by atoms with Crippen LogP contribution in [0.2, 0.25) is 0 Å². The van der Waals surface area contributed by atoms with E-state index in [-0.39, 0.29) is 25.9 Å². The number of carboxylic acids is 1. The third-order valence-electron chi connectivity index (χ3n) is 12.7. The van der Waals surface area contributed by atoms with Gasteiger partial charge >= 0.3 is 23.9 Å². The lowest BCUT2D eigenvalue weighted by atomic mass is 9.98. The first-order chi connectivity index (χ1) is 36.6. The average Bonchev–Trinajstić information content (AvgIpc) is 3.39. The van der Waals surface area contributed by atoms with Gasteiger partial charge in [-0.3, -0.25) is 14.4 Å². The van der Waals surface area contributed by atoms with Gasteiger partial charge in [0.1, 0.15) is 18.8 Å². The third kappa shape index (κ3) is 40.6. The minimum absolute atomic E-state index is 0.0480. The smallest absolute Gasteiger partial charge is 0.335 e. The Kier molecular flexibility index (Phi) is 46.2. The number of carbonyl (C=O) groups excluding carboxylic acids is 3. The number of aliphatic hydroxyl groups excluding tert-OH is 2. The minimum atomic E-state index is -1.92. The molecule has 12 heteroatoms. The molecule has 6 unspecified atom stereocenters. The van der Waals surface area contributed by atoms with Crippen molar-refractivity contribution in [2.24, 2.45) is 0 Å². The maximum Gasteiger partial charge on any atom is 0.335 e. The van der Waals surface area contributed by atoms with Crippen molar-refractivity contribution in [2.75, 3.05) is 13.2 Å². The van der Waals surface area contributed by atoms with Crippen LogP contribution in [0, 0.1) is 0 Å². The Bertz CT molecular complexity index is 1670. The normalized spacial score (nSPS) is 18.9. The number of esters is 3. The molecule has 426 valence electrons. The number of carbonyl (C=O) groups is 4. The summed E-state index contributed by atoms with van der Waals surface area (Å²) in [6, 6.07) is 0. The van der Waals surface area contributed by atoms with E-state index in [1.165, 1.54) is 57.8 Å². The number of unbranched alkanes of at least 4 members (excludes halogenated alkanes) is 19. The SMILES string of the molecule is CC/C=C\C/C=C\C/C=C\C/C=C\C/C=C\CC(=O)OC(COC(=O)CCCCCCCCC/C=C\C/C=C\C/C=C\CC)COC1OC(C(=O)O)C(O)C(O)C1OC(=O)CCCCCCCCCCCCCCC. The van der Waals surface area contributed by atoms with Crippen molar-refractivity contribution in [3.8, 4) is 0 Å². The zero-order chi connectivity index (χ0) is 54.7. The summed E-state index contributed by atoms with van der Waals surface area (Å²) in [7, 11) is 0. The Labute approximate surface area is 453 Å². The lowest BCUT2D eigenvalue weighted by Gasteiger charge is -2.40. The molecule has 1 rings (SSSR count). The molecule has 0 amide bonds. The first-order valence-corrected chi connectivity index (χ1v) is 29.2. The van der Waals surface area contributed by atoms with Crippen molar-refractivity contribution in [1.82, 2.24) is 0 Å². The van der Waals surface area contributed by atoms with E-state index in [1.807, 2.05) is 18.2 Å². The molecule has 0 saturated carbocycles. The summed E-state index contributed by atoms with van der Waals surface area (Å²) in [6.07, 6.45) is 54.1. The maximum atomic E-state index is 13.1. The van der Waals surface area contributed by atoms with Gasteiger partial charge in [-0.15, -0.1) is 0 Å². The van der Waals surface area contributed by atoms with Gasteiger partial charge in [-0.05, 0) is 77.0 Å². The number of hydrogen-bond donors (Lipinski definition) is 3. The second kappa shape index (κ2) is 50.5. The van der Waals surface area contributed by atoms with Gasteiger partial charge in [-0.1, -0.05) is 227 Å². The summed E-state index contributed by atoms with van der Waals surface area (Å²) < 4.78 is 28.3. The fraction of sp³-hybridized carbons (Fsp3) is 0.683. The molecule has 3 N–H and O–H groups in total. The van der Waals surface area contributed by atoms with Crippen LogP contribution in [0.4, 0.5) is 0 Å². The lowest BCUT2D eigenvalue weighted by Crippen LogP contribution is -2.61. The van der Waals surface area contributed by atoms with Crippen molar-refractivity contribution >= 4 is 23.9 Å². The Hall–Kier alpha value is -4.36. The fourth-order valence-corrected chi connectivity index (χ4v) is 8.28. The Balaban J connectivity index is 2.75. The summed E-state index contributed by atoms with van der Waals surface area (Å²) in [4.78, 5) is 51.0. The molecule has 1 aliphatic heterocycles. The highest BCUT2D eigenvalue weighted by atomic mass is 16.7. The summed E-state index contributed by atoms with van der Waals surface area (Å²) in [5.74, 6) is -3.30. The van der Waals surface area contributed by atoms with Crippen LogP contribution in [0.5, 0.6) is 0 Å². The van der Waals surface area contributed by atoms with E-state index in [0.29, 0.717) is 19.3 Å².